The quantitative estimate of drug-likeness (QED) is 0.452. The number of nitrogens with zero attached hydrogens (tertiary/aromatic N) is 3. The highest BCUT2D eigenvalue weighted by Crippen LogP contribution is 2.22. The molecule has 0 aliphatic carbocycles. The minimum atomic E-state index is -0.552. The molecule has 2 aromatic heterocycles. The predicted molar refractivity (Wildman–Crippen MR) is 104 cm³/mol. The van der Waals surface area contributed by atoms with Crippen molar-refractivity contribution in [3.63, 3.8) is 0 Å². The van der Waals surface area contributed by atoms with Crippen LogP contribution in [0.1, 0.15) is 58.0 Å². The van der Waals surface area contributed by atoms with Gasteiger partial charge in [0.25, 0.3) is 5.91 Å². The number of pyridine rings is 1. The van der Waals surface area contributed by atoms with Crippen molar-refractivity contribution in [1.29, 1.82) is 0 Å². The number of hydrogen-bond acceptors (Lipinski definition) is 4. The minimum absolute atomic E-state index is 0.0860. The highest BCUT2D eigenvalue weighted by atomic mass is 16.5. The van der Waals surface area contributed by atoms with Gasteiger partial charge in [0.05, 0.1) is 11.4 Å². The molecule has 2 aromatic rings. The topological polar surface area (TPSA) is 69.9 Å². The lowest BCUT2D eigenvalue weighted by molar-refractivity contribution is -0.124. The Labute approximate surface area is 155 Å². The molecular formula is C20H30N4O2. The van der Waals surface area contributed by atoms with Crippen LogP contribution in [-0.4, -0.2) is 37.5 Å². The first-order valence-corrected chi connectivity index (χ1v) is 9.17. The maximum Gasteiger partial charge on any atom is 0.267 e. The van der Waals surface area contributed by atoms with E-state index in [1.165, 1.54) is 11.8 Å². The van der Waals surface area contributed by atoms with Crippen LogP contribution in [0, 0.1) is 0 Å². The first kappa shape index (κ1) is 20.1. The van der Waals surface area contributed by atoms with Crippen LogP contribution < -0.4 is 5.48 Å². The normalized spacial score (nSPS) is 12.4. The SMILES string of the molecule is CCCc1nc2cc(/C=C/C(=O)NO)ccn2c1CN(CC)C(C)(C)C. The van der Waals surface area contributed by atoms with Crippen molar-refractivity contribution < 1.29 is 10.0 Å². The molecule has 0 aliphatic rings. The van der Waals surface area contributed by atoms with E-state index in [1.807, 2.05) is 18.3 Å². The Morgan fingerprint density at radius 2 is 2.12 bits per heavy atom. The number of fused-ring (bicyclic) bond motifs is 1. The Balaban J connectivity index is 2.43. The standard InChI is InChI=1S/C20H30N4O2/c1-6-8-16-17(14-23(7-2)20(3,4)5)24-12-11-15(13-18(24)21-16)9-10-19(25)22-26/h9-13,26H,6-8,14H2,1-5H3,(H,22,25)/b10-9+. The van der Waals surface area contributed by atoms with Crippen molar-refractivity contribution in [2.45, 2.75) is 59.5 Å². The molecule has 26 heavy (non-hydrogen) atoms. The number of imidazole rings is 1. The van der Waals surface area contributed by atoms with Gasteiger partial charge in [-0.3, -0.25) is 14.9 Å². The molecule has 0 atom stereocenters. The Kier molecular flexibility index (Phi) is 6.56. The summed E-state index contributed by atoms with van der Waals surface area (Å²) in [5, 5.41) is 8.58. The van der Waals surface area contributed by atoms with Gasteiger partial charge in [0.15, 0.2) is 0 Å². The van der Waals surface area contributed by atoms with Gasteiger partial charge in [0, 0.05) is 24.4 Å². The molecule has 2 heterocycles. The van der Waals surface area contributed by atoms with Crippen molar-refractivity contribution in [2.24, 2.45) is 0 Å². The van der Waals surface area contributed by atoms with Crippen LogP contribution in [0.15, 0.2) is 24.4 Å². The molecule has 0 saturated carbocycles. The molecule has 6 nitrogen and oxygen atoms in total. The van der Waals surface area contributed by atoms with E-state index in [0.717, 1.165) is 42.8 Å². The Morgan fingerprint density at radius 3 is 2.69 bits per heavy atom. The summed E-state index contributed by atoms with van der Waals surface area (Å²) in [7, 11) is 0. The number of hydrogen-bond donors (Lipinski definition) is 2. The number of aromatic nitrogens is 2. The molecule has 0 fully saturated rings. The number of nitrogens with one attached hydrogen (secondary N) is 1. The number of aryl methyl sites for hydroxylation is 1. The minimum Gasteiger partial charge on any atom is -0.302 e. The third-order valence-electron chi connectivity index (χ3n) is 4.53. The largest absolute Gasteiger partial charge is 0.302 e. The fraction of sp³-hybridized carbons (Fsp3) is 0.500. The van der Waals surface area contributed by atoms with Crippen LogP contribution in [0.5, 0.6) is 0 Å². The van der Waals surface area contributed by atoms with Gasteiger partial charge in [-0.05, 0) is 57.5 Å². The average molecular weight is 358 g/mol. The summed E-state index contributed by atoms with van der Waals surface area (Å²) < 4.78 is 2.14. The monoisotopic (exact) mass is 358 g/mol. The van der Waals surface area contributed by atoms with Gasteiger partial charge in [-0.1, -0.05) is 20.3 Å². The van der Waals surface area contributed by atoms with E-state index in [2.05, 4.69) is 43.9 Å². The van der Waals surface area contributed by atoms with E-state index in [4.69, 9.17) is 10.2 Å². The molecule has 0 aliphatic heterocycles. The number of carbonyl (C=O) groups excluding carboxylic acids is 1. The van der Waals surface area contributed by atoms with Crippen LogP contribution in [0.2, 0.25) is 0 Å². The lowest BCUT2D eigenvalue weighted by Crippen LogP contribution is -2.41. The maximum atomic E-state index is 11.2. The number of rotatable bonds is 7. The smallest absolute Gasteiger partial charge is 0.267 e. The Hall–Kier alpha value is -2.18. The summed E-state index contributed by atoms with van der Waals surface area (Å²) in [6.45, 7) is 12.9. The summed E-state index contributed by atoms with van der Waals surface area (Å²) in [4.78, 5) is 18.4. The molecule has 2 N–H and O–H groups in total. The van der Waals surface area contributed by atoms with Crippen molar-refractivity contribution in [1.82, 2.24) is 19.8 Å². The van der Waals surface area contributed by atoms with Gasteiger partial charge < -0.3 is 4.40 Å². The Morgan fingerprint density at radius 1 is 1.38 bits per heavy atom. The van der Waals surface area contributed by atoms with E-state index in [1.54, 1.807) is 11.6 Å². The molecule has 0 spiro atoms. The predicted octanol–water partition coefficient (Wildman–Crippen LogP) is 3.43. The van der Waals surface area contributed by atoms with Crippen molar-refractivity contribution in [3.8, 4) is 0 Å². The molecule has 6 heteroatoms. The van der Waals surface area contributed by atoms with Gasteiger partial charge in [-0.25, -0.2) is 10.5 Å². The molecule has 1 amide bonds. The highest BCUT2D eigenvalue weighted by Gasteiger charge is 2.23. The first-order valence-electron chi connectivity index (χ1n) is 9.17. The van der Waals surface area contributed by atoms with Gasteiger partial charge in [0.2, 0.25) is 0 Å². The van der Waals surface area contributed by atoms with E-state index in [9.17, 15) is 4.79 Å². The fourth-order valence-electron chi connectivity index (χ4n) is 3.08. The Bertz CT molecular complexity index is 787. The maximum absolute atomic E-state index is 11.2. The van der Waals surface area contributed by atoms with E-state index in [0.29, 0.717) is 0 Å². The third-order valence-corrected chi connectivity index (χ3v) is 4.53. The first-order chi connectivity index (χ1) is 12.3. The molecular weight excluding hydrogens is 328 g/mol. The summed E-state index contributed by atoms with van der Waals surface area (Å²) in [6.07, 6.45) is 6.94. The van der Waals surface area contributed by atoms with Gasteiger partial charge in [-0.2, -0.15) is 0 Å². The van der Waals surface area contributed by atoms with Crippen LogP contribution in [0.3, 0.4) is 0 Å². The van der Waals surface area contributed by atoms with Gasteiger partial charge in [0.1, 0.15) is 5.65 Å². The van der Waals surface area contributed by atoms with E-state index < -0.39 is 5.91 Å². The van der Waals surface area contributed by atoms with E-state index >= 15 is 0 Å². The second-order valence-electron chi connectivity index (χ2n) is 7.44. The summed E-state index contributed by atoms with van der Waals surface area (Å²) in [5.41, 5.74) is 5.77. The summed E-state index contributed by atoms with van der Waals surface area (Å²) in [5.74, 6) is -0.552. The van der Waals surface area contributed by atoms with Crippen LogP contribution >= 0.6 is 0 Å². The van der Waals surface area contributed by atoms with Crippen LogP contribution in [0.4, 0.5) is 0 Å². The van der Waals surface area contributed by atoms with Crippen molar-refractivity contribution in [3.05, 3.63) is 41.4 Å². The molecule has 142 valence electrons. The summed E-state index contributed by atoms with van der Waals surface area (Å²) >= 11 is 0. The molecule has 0 unspecified atom stereocenters. The van der Waals surface area contributed by atoms with E-state index in [-0.39, 0.29) is 5.54 Å². The molecule has 0 bridgehead atoms. The second-order valence-corrected chi connectivity index (χ2v) is 7.44. The zero-order chi connectivity index (χ0) is 19.3. The lowest BCUT2D eigenvalue weighted by Gasteiger charge is -2.34. The zero-order valence-electron chi connectivity index (χ0n) is 16.4. The molecule has 0 aromatic carbocycles. The molecule has 2 rings (SSSR count). The van der Waals surface area contributed by atoms with Gasteiger partial charge in [-0.15, -0.1) is 0 Å². The number of amides is 1. The molecule has 0 radical (unpaired) electrons. The fourth-order valence-corrected chi connectivity index (χ4v) is 3.08. The second kappa shape index (κ2) is 8.47. The molecule has 0 saturated heterocycles. The number of carbonyl (C=O) groups is 1. The average Bonchev–Trinajstić information content (AvgIpc) is 2.93. The van der Waals surface area contributed by atoms with Crippen LogP contribution in [-0.2, 0) is 17.8 Å². The van der Waals surface area contributed by atoms with Crippen LogP contribution in [0.25, 0.3) is 11.7 Å². The third kappa shape index (κ3) is 4.71. The van der Waals surface area contributed by atoms with Gasteiger partial charge >= 0.3 is 0 Å². The van der Waals surface area contributed by atoms with Crippen molar-refractivity contribution >= 4 is 17.6 Å². The number of hydroxylamine groups is 1. The zero-order valence-corrected chi connectivity index (χ0v) is 16.4. The van der Waals surface area contributed by atoms with Crippen molar-refractivity contribution in [2.75, 3.05) is 6.54 Å². The summed E-state index contributed by atoms with van der Waals surface area (Å²) in [6, 6.07) is 3.90. The highest BCUT2D eigenvalue weighted by molar-refractivity contribution is 5.90. The lowest BCUT2D eigenvalue weighted by atomic mass is 10.1.